The molecule has 0 radical (unpaired) electrons. The van der Waals surface area contributed by atoms with Crippen LogP contribution in [0.25, 0.3) is 5.65 Å². The number of rotatable bonds is 3. The monoisotopic (exact) mass is 554 g/mol. The molecule has 4 bridgehead atoms. The number of piperidine rings is 1. The van der Waals surface area contributed by atoms with Crippen molar-refractivity contribution < 1.29 is 28.5 Å². The van der Waals surface area contributed by atoms with E-state index in [2.05, 4.69) is 11.8 Å². The molecular weight excluding hydrogens is 515 g/mol. The average Bonchev–Trinajstić information content (AvgIpc) is 3.27. The van der Waals surface area contributed by atoms with Crippen LogP contribution in [-0.4, -0.2) is 56.6 Å². The van der Waals surface area contributed by atoms with Gasteiger partial charge in [-0.3, -0.25) is 0 Å². The van der Waals surface area contributed by atoms with Crippen molar-refractivity contribution in [1.29, 1.82) is 0 Å². The lowest BCUT2D eigenvalue weighted by Gasteiger charge is -2.41. The van der Waals surface area contributed by atoms with E-state index in [1.54, 1.807) is 16.6 Å². The Morgan fingerprint density at radius 1 is 1.18 bits per heavy atom. The minimum atomic E-state index is -1.22. The van der Waals surface area contributed by atoms with Gasteiger partial charge in [-0.1, -0.05) is 6.07 Å². The van der Waals surface area contributed by atoms with Gasteiger partial charge in [0.2, 0.25) is 0 Å². The molecule has 5 heterocycles. The Morgan fingerprint density at radius 3 is 2.62 bits per heavy atom. The number of carboxylic acid groups (broad SMARTS) is 1. The second-order valence-corrected chi connectivity index (χ2v) is 12.1. The number of nitrogens with zero attached hydrogens (tertiary/aromatic N) is 4. The summed E-state index contributed by atoms with van der Waals surface area (Å²) in [5, 5.41) is 15.1. The van der Waals surface area contributed by atoms with Crippen molar-refractivity contribution in [2.24, 2.45) is 0 Å². The zero-order valence-corrected chi connectivity index (χ0v) is 24.0. The molecule has 1 N–H and O–H groups in total. The molecule has 3 aliphatic heterocycles. The van der Waals surface area contributed by atoms with Crippen molar-refractivity contribution in [1.82, 2.24) is 14.6 Å². The van der Waals surface area contributed by atoms with E-state index in [4.69, 9.17) is 24.3 Å². The van der Waals surface area contributed by atoms with Gasteiger partial charge in [0.05, 0.1) is 35.7 Å². The molecule has 9 nitrogen and oxygen atoms in total. The number of carboxylic acids is 1. The molecule has 1 saturated heterocycles. The number of fused-ring (bicyclic) bond motifs is 7. The lowest BCUT2D eigenvalue weighted by atomic mass is 9.92. The molecule has 6 rings (SSSR count). The highest BCUT2D eigenvalue weighted by Gasteiger charge is 2.37. The predicted octanol–water partition coefficient (Wildman–Crippen LogP) is 5.16. The second-order valence-electron chi connectivity index (χ2n) is 12.1. The molecule has 3 aromatic rings. The van der Waals surface area contributed by atoms with Crippen molar-refractivity contribution in [3.05, 3.63) is 58.2 Å². The van der Waals surface area contributed by atoms with Crippen molar-refractivity contribution in [2.45, 2.75) is 90.8 Å². The standard InChI is InChI=1S/C30H39FN4O5/c1-19-25(26(28(36)37)40-29(2,3)4)27-34-12-10-30(5,11-13-34)39-14-6-7-20-15-22(31)9-8-21(20)17-38-18-23-16-24(32-19)35(27)33-23/h8-9,15-16,26H,6-7,10-14,17-18H2,1-5H3,(H,36,37). The first-order valence-corrected chi connectivity index (χ1v) is 14.0. The molecule has 1 atom stereocenters. The first-order chi connectivity index (χ1) is 18.9. The molecular formula is C30H39FN4O5. The van der Waals surface area contributed by atoms with Gasteiger partial charge < -0.3 is 24.2 Å². The molecule has 2 aromatic heterocycles. The Hall–Kier alpha value is -3.08. The van der Waals surface area contributed by atoms with Crippen LogP contribution in [0.4, 0.5) is 10.2 Å². The molecule has 0 amide bonds. The number of hydrogen-bond acceptors (Lipinski definition) is 7. The smallest absolute Gasteiger partial charge is 0.337 e. The Morgan fingerprint density at radius 2 is 1.93 bits per heavy atom. The summed E-state index contributed by atoms with van der Waals surface area (Å²) < 4.78 is 34.3. The number of halogens is 1. The van der Waals surface area contributed by atoms with Gasteiger partial charge in [0.15, 0.2) is 11.8 Å². The molecule has 40 heavy (non-hydrogen) atoms. The van der Waals surface area contributed by atoms with Gasteiger partial charge in [-0.05, 0) is 83.6 Å². The molecule has 0 aliphatic carbocycles. The van der Waals surface area contributed by atoms with Crippen LogP contribution >= 0.6 is 0 Å². The zero-order chi connectivity index (χ0) is 28.7. The fraction of sp³-hybridized carbons (Fsp3) is 0.567. The van der Waals surface area contributed by atoms with E-state index in [1.165, 1.54) is 6.07 Å². The summed E-state index contributed by atoms with van der Waals surface area (Å²) in [5.41, 5.74) is 3.23. The maximum atomic E-state index is 14.0. The Labute approximate surface area is 234 Å². The van der Waals surface area contributed by atoms with Crippen LogP contribution in [-0.2, 0) is 38.6 Å². The highest BCUT2D eigenvalue weighted by molar-refractivity contribution is 5.78. The van der Waals surface area contributed by atoms with Crippen LogP contribution in [0, 0.1) is 12.7 Å². The number of aryl methyl sites for hydroxylation is 2. The van der Waals surface area contributed by atoms with Crippen LogP contribution in [0.3, 0.4) is 0 Å². The zero-order valence-electron chi connectivity index (χ0n) is 24.0. The van der Waals surface area contributed by atoms with E-state index >= 15 is 0 Å². The first-order valence-electron chi connectivity index (χ1n) is 14.0. The fourth-order valence-corrected chi connectivity index (χ4v) is 5.58. The van der Waals surface area contributed by atoms with E-state index in [9.17, 15) is 14.3 Å². The Balaban J connectivity index is 1.59. The number of benzene rings is 1. The summed E-state index contributed by atoms with van der Waals surface area (Å²) in [6.45, 7) is 11.9. The molecule has 1 fully saturated rings. The second kappa shape index (κ2) is 11.1. The Bertz CT molecular complexity index is 1390. The highest BCUT2D eigenvalue weighted by Crippen LogP contribution is 2.38. The number of ether oxygens (including phenoxy) is 3. The number of anilines is 1. The number of carbonyl (C=O) groups is 1. The average molecular weight is 555 g/mol. The molecule has 1 unspecified atom stereocenters. The van der Waals surface area contributed by atoms with Crippen molar-refractivity contribution >= 4 is 17.4 Å². The summed E-state index contributed by atoms with van der Waals surface area (Å²) in [6, 6.07) is 6.68. The van der Waals surface area contributed by atoms with E-state index < -0.39 is 17.7 Å². The normalized spacial score (nSPS) is 19.0. The van der Waals surface area contributed by atoms with Gasteiger partial charge in [0.1, 0.15) is 11.6 Å². The number of aliphatic carboxylic acids is 1. The van der Waals surface area contributed by atoms with E-state index in [-0.39, 0.29) is 18.0 Å². The Kier molecular flexibility index (Phi) is 7.87. The van der Waals surface area contributed by atoms with Gasteiger partial charge in [-0.15, -0.1) is 0 Å². The van der Waals surface area contributed by atoms with E-state index in [0.29, 0.717) is 61.1 Å². The summed E-state index contributed by atoms with van der Waals surface area (Å²) in [5.74, 6) is -0.655. The predicted molar refractivity (Wildman–Crippen MR) is 148 cm³/mol. The quantitative estimate of drug-likeness (QED) is 0.474. The van der Waals surface area contributed by atoms with Crippen molar-refractivity contribution in [3.8, 4) is 0 Å². The van der Waals surface area contributed by atoms with Crippen LogP contribution in [0.1, 0.15) is 81.1 Å². The van der Waals surface area contributed by atoms with Crippen LogP contribution in [0.5, 0.6) is 0 Å². The van der Waals surface area contributed by atoms with Gasteiger partial charge in [-0.25, -0.2) is 14.2 Å². The van der Waals surface area contributed by atoms with Crippen molar-refractivity contribution in [2.75, 3.05) is 24.6 Å². The number of aromatic nitrogens is 3. The van der Waals surface area contributed by atoms with Gasteiger partial charge in [0, 0.05) is 31.5 Å². The van der Waals surface area contributed by atoms with Gasteiger partial charge in [0.25, 0.3) is 0 Å². The number of hydrogen-bond donors (Lipinski definition) is 1. The van der Waals surface area contributed by atoms with Crippen molar-refractivity contribution in [3.63, 3.8) is 0 Å². The van der Waals surface area contributed by atoms with Gasteiger partial charge in [-0.2, -0.15) is 9.61 Å². The molecule has 0 spiro atoms. The maximum Gasteiger partial charge on any atom is 0.337 e. The SMILES string of the molecule is Cc1nc2cc3nn2c(c1C(OC(C)(C)C)C(=O)O)N1CCC(C)(CC1)OCCCc1cc(F)ccc1COC3. The third kappa shape index (κ3) is 6.14. The molecule has 0 saturated carbocycles. The van der Waals surface area contributed by atoms with Crippen LogP contribution in [0.2, 0.25) is 0 Å². The molecule has 3 aliphatic rings. The topological polar surface area (TPSA) is 98.4 Å². The highest BCUT2D eigenvalue weighted by atomic mass is 19.1. The third-order valence-electron chi connectivity index (χ3n) is 7.65. The minimum Gasteiger partial charge on any atom is -0.479 e. The molecule has 216 valence electrons. The van der Waals surface area contributed by atoms with Crippen LogP contribution in [0.15, 0.2) is 24.3 Å². The maximum absolute atomic E-state index is 14.0. The summed E-state index contributed by atoms with van der Waals surface area (Å²) in [7, 11) is 0. The van der Waals surface area contributed by atoms with E-state index in [0.717, 1.165) is 30.4 Å². The minimum absolute atomic E-state index is 0.232. The molecule has 1 aromatic carbocycles. The largest absolute Gasteiger partial charge is 0.479 e. The summed E-state index contributed by atoms with van der Waals surface area (Å²) >= 11 is 0. The summed E-state index contributed by atoms with van der Waals surface area (Å²) in [6.07, 6.45) is 1.78. The lowest BCUT2D eigenvalue weighted by Crippen LogP contribution is -2.46. The first kappa shape index (κ1) is 28.4. The molecule has 10 heteroatoms. The fourth-order valence-electron chi connectivity index (χ4n) is 5.58. The lowest BCUT2D eigenvalue weighted by molar-refractivity contribution is -0.160. The third-order valence-corrected chi connectivity index (χ3v) is 7.65. The van der Waals surface area contributed by atoms with Gasteiger partial charge >= 0.3 is 5.97 Å². The van der Waals surface area contributed by atoms with E-state index in [1.807, 2.05) is 33.8 Å². The van der Waals surface area contributed by atoms with Crippen LogP contribution < -0.4 is 4.90 Å². The summed E-state index contributed by atoms with van der Waals surface area (Å²) in [4.78, 5) is 19.5.